The molecule has 0 unspecified atom stereocenters. The van der Waals surface area contributed by atoms with E-state index in [2.05, 4.69) is 4.98 Å². The minimum Gasteiger partial charge on any atom is -0.496 e. The van der Waals surface area contributed by atoms with Crippen LogP contribution in [0.15, 0.2) is 6.07 Å². The van der Waals surface area contributed by atoms with Gasteiger partial charge < -0.3 is 4.74 Å². The molecule has 0 saturated heterocycles. The number of carbonyl (C=O) groups is 1. The summed E-state index contributed by atoms with van der Waals surface area (Å²) in [5, 5.41) is 0. The summed E-state index contributed by atoms with van der Waals surface area (Å²) in [5.41, 5.74) is -0.244. The summed E-state index contributed by atoms with van der Waals surface area (Å²) in [6.07, 6.45) is -2.24. The third-order valence-corrected chi connectivity index (χ3v) is 2.06. The Morgan fingerprint density at radius 2 is 2.33 bits per heavy atom. The van der Waals surface area contributed by atoms with E-state index in [0.717, 1.165) is 6.07 Å². The van der Waals surface area contributed by atoms with Crippen LogP contribution in [0.1, 0.15) is 28.2 Å². The van der Waals surface area contributed by atoms with Crippen molar-refractivity contribution in [2.24, 2.45) is 0 Å². The lowest BCUT2D eigenvalue weighted by atomic mass is 10.2. The number of halogens is 3. The fourth-order valence-electron chi connectivity index (χ4n) is 1.11. The van der Waals surface area contributed by atoms with Gasteiger partial charge in [0.15, 0.2) is 6.29 Å². The standard InChI is InChI=1S/C9H8ClF2NO2/c1-15-8-2-6(9(11)12)13-7(3-10)5(8)4-14/h2,4,9H,3H2,1H3. The van der Waals surface area contributed by atoms with E-state index in [1.165, 1.54) is 7.11 Å². The number of methoxy groups -OCH3 is 1. The zero-order valence-corrected chi connectivity index (χ0v) is 8.59. The molecule has 82 valence electrons. The Morgan fingerprint density at radius 1 is 1.67 bits per heavy atom. The van der Waals surface area contributed by atoms with Crippen LogP contribution < -0.4 is 4.74 Å². The van der Waals surface area contributed by atoms with Crippen molar-refractivity contribution in [1.29, 1.82) is 0 Å². The Kier molecular flexibility index (Phi) is 3.96. The van der Waals surface area contributed by atoms with Crippen molar-refractivity contribution >= 4 is 17.9 Å². The molecule has 1 heterocycles. The summed E-state index contributed by atoms with van der Waals surface area (Å²) >= 11 is 5.49. The fraction of sp³-hybridized carbons (Fsp3) is 0.333. The van der Waals surface area contributed by atoms with Gasteiger partial charge in [-0.2, -0.15) is 0 Å². The highest BCUT2D eigenvalue weighted by atomic mass is 35.5. The first-order valence-corrected chi connectivity index (χ1v) is 4.54. The van der Waals surface area contributed by atoms with Crippen LogP contribution in [0, 0.1) is 0 Å². The van der Waals surface area contributed by atoms with Crippen molar-refractivity contribution < 1.29 is 18.3 Å². The number of pyridine rings is 1. The molecule has 0 aromatic carbocycles. The van der Waals surface area contributed by atoms with Crippen molar-refractivity contribution in [3.05, 3.63) is 23.0 Å². The lowest BCUT2D eigenvalue weighted by Gasteiger charge is -2.09. The second-order valence-electron chi connectivity index (χ2n) is 2.66. The van der Waals surface area contributed by atoms with Gasteiger partial charge in [-0.1, -0.05) is 0 Å². The summed E-state index contributed by atoms with van der Waals surface area (Å²) in [6, 6.07) is 1.03. The number of hydrogen-bond acceptors (Lipinski definition) is 3. The van der Waals surface area contributed by atoms with Crippen LogP contribution in [0.2, 0.25) is 0 Å². The SMILES string of the molecule is COc1cc(C(F)F)nc(CCl)c1C=O. The number of carbonyl (C=O) groups excluding carboxylic acids is 1. The van der Waals surface area contributed by atoms with Gasteiger partial charge in [-0.15, -0.1) is 11.6 Å². The fourth-order valence-corrected chi connectivity index (χ4v) is 1.31. The number of hydrogen-bond donors (Lipinski definition) is 0. The molecule has 0 fully saturated rings. The summed E-state index contributed by atoms with van der Waals surface area (Å²) in [5.74, 6) is -0.0590. The van der Waals surface area contributed by atoms with Gasteiger partial charge >= 0.3 is 0 Å². The van der Waals surface area contributed by atoms with E-state index in [1.54, 1.807) is 0 Å². The monoisotopic (exact) mass is 235 g/mol. The van der Waals surface area contributed by atoms with Gasteiger partial charge in [-0.3, -0.25) is 4.79 Å². The first-order chi connectivity index (χ1) is 7.13. The molecule has 0 radical (unpaired) electrons. The molecule has 0 N–H and O–H groups in total. The summed E-state index contributed by atoms with van der Waals surface area (Å²) in [7, 11) is 1.29. The minimum atomic E-state index is -2.72. The quantitative estimate of drug-likeness (QED) is 0.595. The average molecular weight is 236 g/mol. The van der Waals surface area contributed by atoms with Crippen LogP contribution in [0.5, 0.6) is 5.75 Å². The molecule has 1 rings (SSSR count). The molecule has 0 atom stereocenters. The predicted octanol–water partition coefficient (Wildman–Crippen LogP) is 2.58. The van der Waals surface area contributed by atoms with Gasteiger partial charge in [0.25, 0.3) is 6.43 Å². The van der Waals surface area contributed by atoms with Gasteiger partial charge in [0.1, 0.15) is 11.4 Å². The molecular weight excluding hydrogens is 228 g/mol. The largest absolute Gasteiger partial charge is 0.496 e. The number of alkyl halides is 3. The molecule has 0 bridgehead atoms. The van der Waals surface area contributed by atoms with E-state index >= 15 is 0 Å². The molecule has 1 aromatic heterocycles. The molecular formula is C9H8ClF2NO2. The van der Waals surface area contributed by atoms with Gasteiger partial charge in [-0.05, 0) is 0 Å². The van der Waals surface area contributed by atoms with Crippen LogP contribution >= 0.6 is 11.6 Å². The third-order valence-electron chi connectivity index (χ3n) is 1.81. The predicted molar refractivity (Wildman–Crippen MR) is 50.7 cm³/mol. The highest BCUT2D eigenvalue weighted by Gasteiger charge is 2.17. The van der Waals surface area contributed by atoms with Gasteiger partial charge in [0.05, 0.1) is 24.2 Å². The average Bonchev–Trinajstić information content (AvgIpc) is 2.26. The molecule has 0 aliphatic carbocycles. The highest BCUT2D eigenvalue weighted by molar-refractivity contribution is 6.17. The van der Waals surface area contributed by atoms with Crippen LogP contribution in [-0.4, -0.2) is 18.4 Å². The lowest BCUT2D eigenvalue weighted by molar-refractivity contribution is 0.111. The molecule has 6 heteroatoms. The van der Waals surface area contributed by atoms with Crippen molar-refractivity contribution in [2.45, 2.75) is 12.3 Å². The zero-order valence-electron chi connectivity index (χ0n) is 7.84. The third kappa shape index (κ3) is 2.41. The maximum atomic E-state index is 12.4. The Morgan fingerprint density at radius 3 is 2.73 bits per heavy atom. The molecule has 0 amide bonds. The summed E-state index contributed by atoms with van der Waals surface area (Å²) in [6.45, 7) is 0. The van der Waals surface area contributed by atoms with Crippen LogP contribution in [0.25, 0.3) is 0 Å². The number of aromatic nitrogens is 1. The number of nitrogens with zero attached hydrogens (tertiary/aromatic N) is 1. The van der Waals surface area contributed by atoms with Crippen LogP contribution in [-0.2, 0) is 5.88 Å². The molecule has 0 aliphatic heterocycles. The molecule has 0 aliphatic rings. The van der Waals surface area contributed by atoms with Crippen molar-refractivity contribution in [3.8, 4) is 5.75 Å². The highest BCUT2D eigenvalue weighted by Crippen LogP contribution is 2.26. The van der Waals surface area contributed by atoms with E-state index in [-0.39, 0.29) is 22.9 Å². The van der Waals surface area contributed by atoms with E-state index in [4.69, 9.17) is 16.3 Å². The van der Waals surface area contributed by atoms with Crippen molar-refractivity contribution in [1.82, 2.24) is 4.98 Å². The smallest absolute Gasteiger partial charge is 0.280 e. The molecule has 1 aromatic rings. The van der Waals surface area contributed by atoms with Gasteiger partial charge in [0.2, 0.25) is 0 Å². The van der Waals surface area contributed by atoms with E-state index in [0.29, 0.717) is 6.29 Å². The minimum absolute atomic E-state index is 0.0611. The second-order valence-corrected chi connectivity index (χ2v) is 2.93. The Balaban J connectivity index is 3.35. The maximum absolute atomic E-state index is 12.4. The van der Waals surface area contributed by atoms with Crippen molar-refractivity contribution in [3.63, 3.8) is 0 Å². The zero-order chi connectivity index (χ0) is 11.4. The lowest BCUT2D eigenvalue weighted by Crippen LogP contribution is -2.03. The van der Waals surface area contributed by atoms with E-state index in [9.17, 15) is 13.6 Å². The molecule has 15 heavy (non-hydrogen) atoms. The maximum Gasteiger partial charge on any atom is 0.280 e. The number of aldehydes is 1. The molecule has 3 nitrogen and oxygen atoms in total. The normalized spacial score (nSPS) is 10.5. The molecule has 0 spiro atoms. The first-order valence-electron chi connectivity index (χ1n) is 4.01. The number of ether oxygens (including phenoxy) is 1. The van der Waals surface area contributed by atoms with Gasteiger partial charge in [-0.25, -0.2) is 13.8 Å². The van der Waals surface area contributed by atoms with E-state index < -0.39 is 12.1 Å². The first kappa shape index (κ1) is 11.8. The second kappa shape index (κ2) is 5.02. The van der Waals surface area contributed by atoms with Crippen LogP contribution in [0.4, 0.5) is 8.78 Å². The van der Waals surface area contributed by atoms with Crippen LogP contribution in [0.3, 0.4) is 0 Å². The molecule has 0 saturated carbocycles. The van der Waals surface area contributed by atoms with E-state index in [1.807, 2.05) is 0 Å². The van der Waals surface area contributed by atoms with Crippen molar-refractivity contribution in [2.75, 3.05) is 7.11 Å². The Labute approximate surface area is 90.0 Å². The van der Waals surface area contributed by atoms with Gasteiger partial charge in [0, 0.05) is 6.07 Å². The summed E-state index contributed by atoms with van der Waals surface area (Å²) < 4.78 is 29.6. The Hall–Kier alpha value is -1.23. The number of rotatable bonds is 4. The summed E-state index contributed by atoms with van der Waals surface area (Å²) in [4.78, 5) is 14.3. The Bertz CT molecular complexity index is 346. The topological polar surface area (TPSA) is 39.2 Å².